The second kappa shape index (κ2) is 7.83. The van der Waals surface area contributed by atoms with Crippen LogP contribution < -0.4 is 5.32 Å². The Hall–Kier alpha value is -1.64. The Labute approximate surface area is 122 Å². The van der Waals surface area contributed by atoms with Gasteiger partial charge >= 0.3 is 0 Å². The fourth-order valence-electron chi connectivity index (χ4n) is 2.26. The van der Waals surface area contributed by atoms with Gasteiger partial charge in [0.15, 0.2) is 0 Å². The molecule has 0 unspecified atom stereocenters. The lowest BCUT2D eigenvalue weighted by Gasteiger charge is -2.18. The van der Waals surface area contributed by atoms with E-state index in [1.54, 1.807) is 0 Å². The first kappa shape index (κ1) is 14.8. The molecule has 0 bridgehead atoms. The van der Waals surface area contributed by atoms with Crippen molar-refractivity contribution < 1.29 is 0 Å². The molecule has 0 aromatic heterocycles. The average molecular weight is 268 g/mol. The van der Waals surface area contributed by atoms with Crippen LogP contribution in [0.1, 0.15) is 16.7 Å². The number of nitrogens with one attached hydrogen (secondary N) is 1. The van der Waals surface area contributed by atoms with Gasteiger partial charge < -0.3 is 10.2 Å². The first-order chi connectivity index (χ1) is 9.75. The van der Waals surface area contributed by atoms with Gasteiger partial charge in [-0.1, -0.05) is 54.6 Å². The summed E-state index contributed by atoms with van der Waals surface area (Å²) >= 11 is 0. The molecular formula is C18H24N2. The Kier molecular flexibility index (Phi) is 5.78. The van der Waals surface area contributed by atoms with Crippen LogP contribution >= 0.6 is 0 Å². The van der Waals surface area contributed by atoms with E-state index in [4.69, 9.17) is 0 Å². The number of hydrogen-bond acceptors (Lipinski definition) is 2. The fraction of sp³-hybridized carbons (Fsp3) is 0.333. The van der Waals surface area contributed by atoms with Crippen LogP contribution in [-0.4, -0.2) is 25.0 Å². The maximum atomic E-state index is 3.49. The predicted molar refractivity (Wildman–Crippen MR) is 85.7 cm³/mol. The second-order valence-corrected chi connectivity index (χ2v) is 5.33. The average Bonchev–Trinajstić information content (AvgIpc) is 2.47. The smallest absolute Gasteiger partial charge is 0.0233 e. The molecule has 0 fully saturated rings. The summed E-state index contributed by atoms with van der Waals surface area (Å²) in [7, 11) is 2.18. The molecule has 2 aromatic rings. The van der Waals surface area contributed by atoms with Crippen molar-refractivity contribution in [2.24, 2.45) is 0 Å². The van der Waals surface area contributed by atoms with Gasteiger partial charge in [0.05, 0.1) is 0 Å². The highest BCUT2D eigenvalue weighted by Gasteiger charge is 2.02. The minimum atomic E-state index is 0.943. The lowest BCUT2D eigenvalue weighted by molar-refractivity contribution is 0.323. The van der Waals surface area contributed by atoms with Crippen LogP contribution in [-0.2, 0) is 13.1 Å². The quantitative estimate of drug-likeness (QED) is 0.776. The molecule has 0 saturated carbocycles. The highest BCUT2D eigenvalue weighted by Crippen LogP contribution is 2.08. The van der Waals surface area contributed by atoms with Crippen LogP contribution in [0.2, 0.25) is 0 Å². The molecule has 0 spiro atoms. The van der Waals surface area contributed by atoms with Crippen molar-refractivity contribution in [1.29, 1.82) is 0 Å². The number of aryl methyl sites for hydroxylation is 1. The predicted octanol–water partition coefficient (Wildman–Crippen LogP) is 3.22. The lowest BCUT2D eigenvalue weighted by atomic mass is 10.1. The summed E-state index contributed by atoms with van der Waals surface area (Å²) in [5.74, 6) is 0. The maximum Gasteiger partial charge on any atom is 0.0233 e. The first-order valence-corrected chi connectivity index (χ1v) is 7.23. The van der Waals surface area contributed by atoms with Gasteiger partial charge in [-0.15, -0.1) is 0 Å². The SMILES string of the molecule is Cc1ccccc1CN(C)CCNCc1ccccc1. The third-order valence-corrected chi connectivity index (χ3v) is 3.54. The van der Waals surface area contributed by atoms with Crippen LogP contribution in [0.4, 0.5) is 0 Å². The van der Waals surface area contributed by atoms with Gasteiger partial charge in [-0.3, -0.25) is 0 Å². The third kappa shape index (κ3) is 4.80. The largest absolute Gasteiger partial charge is 0.311 e. The van der Waals surface area contributed by atoms with Gasteiger partial charge in [0.1, 0.15) is 0 Å². The highest BCUT2D eigenvalue weighted by molar-refractivity contribution is 5.25. The van der Waals surface area contributed by atoms with Crippen LogP contribution in [0.5, 0.6) is 0 Å². The molecule has 2 nitrogen and oxygen atoms in total. The van der Waals surface area contributed by atoms with E-state index in [-0.39, 0.29) is 0 Å². The minimum Gasteiger partial charge on any atom is -0.311 e. The van der Waals surface area contributed by atoms with E-state index in [1.807, 2.05) is 0 Å². The molecule has 0 aliphatic carbocycles. The molecular weight excluding hydrogens is 244 g/mol. The molecule has 2 rings (SSSR count). The summed E-state index contributed by atoms with van der Waals surface area (Å²) in [5.41, 5.74) is 4.13. The van der Waals surface area contributed by atoms with Crippen molar-refractivity contribution in [3.8, 4) is 0 Å². The first-order valence-electron chi connectivity index (χ1n) is 7.23. The Balaban J connectivity index is 1.68. The molecule has 0 radical (unpaired) electrons. The third-order valence-electron chi connectivity index (χ3n) is 3.54. The maximum absolute atomic E-state index is 3.49. The number of hydrogen-bond donors (Lipinski definition) is 1. The zero-order chi connectivity index (χ0) is 14.2. The van der Waals surface area contributed by atoms with E-state index < -0.39 is 0 Å². The molecule has 1 N–H and O–H groups in total. The molecule has 0 heterocycles. The van der Waals surface area contributed by atoms with E-state index in [2.05, 4.69) is 78.8 Å². The van der Waals surface area contributed by atoms with E-state index in [0.29, 0.717) is 0 Å². The Morgan fingerprint density at radius 2 is 1.65 bits per heavy atom. The number of likely N-dealkylation sites (N-methyl/N-ethyl adjacent to an activating group) is 1. The van der Waals surface area contributed by atoms with Crippen molar-refractivity contribution in [3.05, 3.63) is 71.3 Å². The Bertz CT molecular complexity index is 508. The summed E-state index contributed by atoms with van der Waals surface area (Å²) in [6.07, 6.45) is 0. The molecule has 2 heteroatoms. The van der Waals surface area contributed by atoms with Crippen molar-refractivity contribution in [2.45, 2.75) is 20.0 Å². The zero-order valence-electron chi connectivity index (χ0n) is 12.5. The van der Waals surface area contributed by atoms with E-state index in [0.717, 1.165) is 26.2 Å². The van der Waals surface area contributed by atoms with Crippen LogP contribution in [0.25, 0.3) is 0 Å². The van der Waals surface area contributed by atoms with Crippen LogP contribution in [0.3, 0.4) is 0 Å². The summed E-state index contributed by atoms with van der Waals surface area (Å²) < 4.78 is 0. The molecule has 2 aromatic carbocycles. The molecule has 0 aliphatic rings. The summed E-state index contributed by atoms with van der Waals surface area (Å²) in [6.45, 7) is 6.20. The molecule has 20 heavy (non-hydrogen) atoms. The summed E-state index contributed by atoms with van der Waals surface area (Å²) in [4.78, 5) is 2.36. The van der Waals surface area contributed by atoms with Crippen molar-refractivity contribution in [3.63, 3.8) is 0 Å². The van der Waals surface area contributed by atoms with Gasteiger partial charge in [0, 0.05) is 26.2 Å². The fourth-order valence-corrected chi connectivity index (χ4v) is 2.26. The minimum absolute atomic E-state index is 0.943. The molecule has 0 atom stereocenters. The standard InChI is InChI=1S/C18H24N2/c1-16-8-6-7-11-18(16)15-20(2)13-12-19-14-17-9-4-3-5-10-17/h3-11,19H,12-15H2,1-2H3. The highest BCUT2D eigenvalue weighted by atomic mass is 15.1. The van der Waals surface area contributed by atoms with E-state index in [1.165, 1.54) is 16.7 Å². The molecule has 0 saturated heterocycles. The van der Waals surface area contributed by atoms with Gasteiger partial charge in [-0.05, 0) is 30.7 Å². The Morgan fingerprint density at radius 3 is 2.40 bits per heavy atom. The van der Waals surface area contributed by atoms with Gasteiger partial charge in [-0.2, -0.15) is 0 Å². The summed E-state index contributed by atoms with van der Waals surface area (Å²) in [6, 6.07) is 19.1. The molecule has 106 valence electrons. The monoisotopic (exact) mass is 268 g/mol. The van der Waals surface area contributed by atoms with E-state index >= 15 is 0 Å². The molecule has 0 amide bonds. The van der Waals surface area contributed by atoms with Crippen molar-refractivity contribution in [2.75, 3.05) is 20.1 Å². The topological polar surface area (TPSA) is 15.3 Å². The number of benzene rings is 2. The van der Waals surface area contributed by atoms with Crippen molar-refractivity contribution in [1.82, 2.24) is 10.2 Å². The lowest BCUT2D eigenvalue weighted by Crippen LogP contribution is -2.28. The van der Waals surface area contributed by atoms with Gasteiger partial charge in [0.25, 0.3) is 0 Å². The van der Waals surface area contributed by atoms with Gasteiger partial charge in [-0.25, -0.2) is 0 Å². The van der Waals surface area contributed by atoms with E-state index in [9.17, 15) is 0 Å². The van der Waals surface area contributed by atoms with Gasteiger partial charge in [0.2, 0.25) is 0 Å². The van der Waals surface area contributed by atoms with Crippen LogP contribution in [0, 0.1) is 6.92 Å². The normalized spacial score (nSPS) is 10.9. The zero-order valence-corrected chi connectivity index (χ0v) is 12.5. The summed E-state index contributed by atoms with van der Waals surface area (Å²) in [5, 5.41) is 3.49. The van der Waals surface area contributed by atoms with Crippen LogP contribution in [0.15, 0.2) is 54.6 Å². The number of nitrogens with zero attached hydrogens (tertiary/aromatic N) is 1. The number of rotatable bonds is 7. The molecule has 0 aliphatic heterocycles. The Morgan fingerprint density at radius 1 is 0.950 bits per heavy atom. The van der Waals surface area contributed by atoms with Crippen molar-refractivity contribution >= 4 is 0 Å². The second-order valence-electron chi connectivity index (χ2n) is 5.33.